The number of hydrogen-bond donors (Lipinski definition) is 1. The van der Waals surface area contributed by atoms with Gasteiger partial charge in [-0.25, -0.2) is 19.9 Å². The van der Waals surface area contributed by atoms with Crippen LogP contribution in [0.1, 0.15) is 370 Å². The second kappa shape index (κ2) is 78.3. The van der Waals surface area contributed by atoms with E-state index in [0.29, 0.717) is 77.9 Å². The number of morpholine rings is 1. The van der Waals surface area contributed by atoms with Gasteiger partial charge in [-0.2, -0.15) is 31.9 Å². The molecule has 0 unspecified atom stereocenters. The Balaban J connectivity index is 0.000000736. The lowest BCUT2D eigenvalue weighted by Gasteiger charge is -2.34. The molecule has 138 heavy (non-hydrogen) atoms. The average molecular weight is 1970 g/mol. The van der Waals surface area contributed by atoms with Gasteiger partial charge in [-0.15, -0.1) is 26.6 Å². The van der Waals surface area contributed by atoms with Crippen molar-refractivity contribution < 1.29 is 14.3 Å². The van der Waals surface area contributed by atoms with Gasteiger partial charge in [0.1, 0.15) is 31.1 Å². The molecule has 0 atom stereocenters. The smallest absolute Gasteiger partial charge is 0.222 e. The summed E-state index contributed by atoms with van der Waals surface area (Å²) in [5, 5.41) is 29.8. The maximum atomic E-state index is 11.2. The summed E-state index contributed by atoms with van der Waals surface area (Å²) in [5.74, 6) is 6.04. The van der Waals surface area contributed by atoms with Gasteiger partial charge in [0.2, 0.25) is 11.8 Å². The minimum atomic E-state index is 0.324. The molecule has 8 aliphatic rings. The molecule has 0 bridgehead atoms. The van der Waals surface area contributed by atoms with E-state index in [2.05, 4.69) is 331 Å². The first-order valence-corrected chi connectivity index (χ1v) is 54.7. The van der Waals surface area contributed by atoms with Crippen LogP contribution in [0.25, 0.3) is 0 Å². The number of thioether (sulfide) groups is 1. The number of nitrogens with zero attached hydrogens (tertiary/aromatic N) is 26. The van der Waals surface area contributed by atoms with Crippen LogP contribution in [0.15, 0.2) is 117 Å². The highest BCUT2D eigenvalue weighted by molar-refractivity contribution is 7.99. The number of imidazole rings is 2. The molecule has 16 rings (SSSR count). The number of aromatic nitrogens is 18. The summed E-state index contributed by atoms with van der Waals surface area (Å²) in [5.41, 5.74) is 1.16. The summed E-state index contributed by atoms with van der Waals surface area (Å²) in [6.07, 6.45) is 42.7. The van der Waals surface area contributed by atoms with Gasteiger partial charge in [-0.05, 0) is 302 Å². The number of ether oxygens (including phenoxy) is 1. The van der Waals surface area contributed by atoms with E-state index in [9.17, 15) is 9.59 Å². The molecule has 8 aromatic heterocycles. The van der Waals surface area contributed by atoms with Crippen LogP contribution >= 0.6 is 23.1 Å². The van der Waals surface area contributed by atoms with Crippen LogP contribution in [-0.2, 0) is 14.3 Å². The molecule has 8 fully saturated rings. The number of thiazole rings is 1. The highest BCUT2D eigenvalue weighted by Gasteiger charge is 2.24. The number of piperazine rings is 1. The number of amides is 2. The third-order valence-electron chi connectivity index (χ3n) is 23.9. The third-order valence-corrected chi connectivity index (χ3v) is 25.9. The van der Waals surface area contributed by atoms with Gasteiger partial charge in [0, 0.05) is 229 Å². The standard InChI is InChI=1S/C8H18N2.C8H15NO.2C8H17N.C8H11N.C7H15NO.C7H13NO.C7H15NS.C7H15N.2C6H10N2.C6H9NS.4C5H9N3/c1-8(2)10-6-4-9(3)5-7-10;1-7(2)9-6-4-3-5-8(9)10;2*1-8(2)9-6-4-3-5-7-9;1-7(2)8-5-3-4-6-9-8;1-7(2)8-3-5-9-6-4-8;1-6(2)8-5-3-4-7(8)9;1-7(2)8-3-5-9-6-4-8;1-7(2)8-5-3-4-6-8;1-6(2)8-4-3-7-5-8;2*1-5(2)6-7-3-4-8-6;1-5(2)8-3-6-7-4-8;1-5(2)8-4-6-3-7-8;1-5(2)8-4-3-6-7-8;1-5(2)8-6-3-4-7-8/h8H,4-7H2,1-3H3;7H,3-6H2,1-2H3;2*8H,3-7H2,1-2H3;3-7H,1-2H3;7H,3-6H2,1-2H3;6H,3-5H2,1-2H3;7H,3-6H2,1-2H3;7H,3-6H2,1-2H3;3-6H,1-2H3;3-5H,1-2H3,(H,7,8);5*3-5H,1-2H3. The second-order valence-electron chi connectivity index (χ2n) is 40.6. The van der Waals surface area contributed by atoms with Gasteiger partial charge in [0.05, 0.1) is 49.2 Å². The van der Waals surface area contributed by atoms with E-state index in [1.54, 1.807) is 81.8 Å². The van der Waals surface area contributed by atoms with Crippen molar-refractivity contribution in [2.45, 2.75) is 401 Å². The number of piperidine rings is 3. The molecule has 32 heteroatoms. The molecule has 30 nitrogen and oxygen atoms in total. The number of nitrogens with one attached hydrogen (secondary N) is 1. The normalized spacial score (nSPS) is 16.7. The molecule has 0 radical (unpaired) electrons. The number of likely N-dealkylation sites (tertiary alicyclic amines) is 5. The van der Waals surface area contributed by atoms with E-state index in [0.717, 1.165) is 107 Å². The van der Waals surface area contributed by atoms with Gasteiger partial charge in [-0.3, -0.25) is 38.6 Å². The monoisotopic (exact) mass is 1960 g/mol. The molecule has 1 N–H and O–H groups in total. The predicted octanol–water partition coefficient (Wildman–Crippen LogP) is 21.4. The summed E-state index contributed by atoms with van der Waals surface area (Å²) < 4.78 is 12.8. The lowest BCUT2D eigenvalue weighted by molar-refractivity contribution is -0.135. The quantitative estimate of drug-likeness (QED) is 0.0941. The summed E-state index contributed by atoms with van der Waals surface area (Å²) in [6.45, 7) is 90.6. The summed E-state index contributed by atoms with van der Waals surface area (Å²) >= 11 is 3.79. The molecule has 16 heterocycles. The summed E-state index contributed by atoms with van der Waals surface area (Å²) in [6, 6.07) is 13.5. The molecule has 2 amide bonds. The second-order valence-corrected chi connectivity index (χ2v) is 42.8. The van der Waals surface area contributed by atoms with E-state index in [1.807, 2.05) is 89.1 Å². The Morgan fingerprint density at radius 2 is 0.812 bits per heavy atom. The lowest BCUT2D eigenvalue weighted by Crippen LogP contribution is -2.47. The minimum Gasteiger partial charge on any atom is -0.379 e. The summed E-state index contributed by atoms with van der Waals surface area (Å²) in [7, 11) is 2.19. The number of pyridine rings is 1. The van der Waals surface area contributed by atoms with Crippen LogP contribution in [-0.4, -0.2) is 330 Å². The maximum Gasteiger partial charge on any atom is 0.222 e. The Morgan fingerprint density at radius 3 is 1.08 bits per heavy atom. The number of H-pyrrole nitrogens is 1. The third kappa shape index (κ3) is 62.2. The average Bonchev–Trinajstić information content (AvgIpc) is 1.38. The van der Waals surface area contributed by atoms with Crippen molar-refractivity contribution in [2.24, 2.45) is 0 Å². The molecule has 0 aliphatic carbocycles. The number of aromatic amines is 1. The van der Waals surface area contributed by atoms with Gasteiger partial charge in [0.25, 0.3) is 0 Å². The van der Waals surface area contributed by atoms with Crippen molar-refractivity contribution in [1.29, 1.82) is 0 Å². The fourth-order valence-electron chi connectivity index (χ4n) is 14.6. The van der Waals surface area contributed by atoms with Crippen LogP contribution in [0.2, 0.25) is 0 Å². The number of carbonyl (C=O) groups is 2. The van der Waals surface area contributed by atoms with Crippen molar-refractivity contribution in [3.8, 4) is 0 Å². The Morgan fingerprint density at radius 1 is 0.348 bits per heavy atom. The van der Waals surface area contributed by atoms with Crippen LogP contribution in [0.4, 0.5) is 0 Å². The molecule has 8 saturated heterocycles. The first-order valence-electron chi connectivity index (χ1n) is 52.6. The van der Waals surface area contributed by atoms with E-state index in [-0.39, 0.29) is 0 Å². The van der Waals surface area contributed by atoms with Crippen molar-refractivity contribution in [1.82, 2.24) is 133 Å². The molecular formula is C106H201N27O3S2. The first-order chi connectivity index (χ1) is 65.6. The fraction of sp³-hybridized carbons (Fsp3) is 0.774. The van der Waals surface area contributed by atoms with Crippen molar-refractivity contribution >= 4 is 34.9 Å². The largest absolute Gasteiger partial charge is 0.379 e. The number of likely N-dealkylation sites (N-methyl/N-ethyl adjacent to an activating group) is 1. The van der Waals surface area contributed by atoms with Gasteiger partial charge < -0.3 is 48.3 Å². The van der Waals surface area contributed by atoms with E-state index in [4.69, 9.17) is 4.74 Å². The number of hydrogen-bond acceptors (Lipinski definition) is 24. The van der Waals surface area contributed by atoms with E-state index < -0.39 is 0 Å². The van der Waals surface area contributed by atoms with Gasteiger partial charge in [-0.1, -0.05) is 65.7 Å². The van der Waals surface area contributed by atoms with Crippen LogP contribution in [0.3, 0.4) is 0 Å². The van der Waals surface area contributed by atoms with Crippen LogP contribution in [0, 0.1) is 0 Å². The molecule has 790 valence electrons. The van der Waals surface area contributed by atoms with E-state index in [1.165, 1.54) is 153 Å². The Kier molecular flexibility index (Phi) is 73.0. The zero-order valence-electron chi connectivity index (χ0n) is 93.2. The SMILES string of the molecule is CC(C)N1CCCC1.CC(C)N1CCCC1=O.CC(C)N1CCCCC1.CC(C)N1CCCCC1.CC(C)N1CCCCC1=O.CC(C)N1CCN(C)CC1.CC(C)N1CCOCC1.CC(C)N1CCSCC1.CC(C)c1ccccn1.CC(C)c1ncc[nH]1.CC(C)c1nccs1.CC(C)n1ccnc1.CC(C)n1ccnn1.CC(C)n1cncn1.CC(C)n1cnnc1.CC(C)n1nccn1. The molecule has 0 spiro atoms. The van der Waals surface area contributed by atoms with Crippen molar-refractivity contribution in [2.75, 3.05) is 136 Å². The van der Waals surface area contributed by atoms with Gasteiger partial charge in [0.15, 0.2) is 0 Å². The first kappa shape index (κ1) is 129. The highest BCUT2D eigenvalue weighted by atomic mass is 32.2. The highest BCUT2D eigenvalue weighted by Crippen LogP contribution is 2.20. The fourth-order valence-corrected chi connectivity index (χ4v) is 16.2. The van der Waals surface area contributed by atoms with E-state index >= 15 is 0 Å². The zero-order valence-corrected chi connectivity index (χ0v) is 94.8. The number of carbonyl (C=O) groups excluding carboxylic acids is 2. The maximum absolute atomic E-state index is 11.2. The molecule has 0 aromatic carbocycles. The predicted molar refractivity (Wildman–Crippen MR) is 581 cm³/mol. The molecule has 0 saturated carbocycles. The molecule has 8 aromatic rings. The minimum absolute atomic E-state index is 0.324. The van der Waals surface area contributed by atoms with Crippen molar-refractivity contribution in [3.05, 3.63) is 134 Å². The Labute approximate surface area is 848 Å². The Hall–Kier alpha value is -7.27. The van der Waals surface area contributed by atoms with Crippen molar-refractivity contribution in [3.63, 3.8) is 0 Å². The van der Waals surface area contributed by atoms with Gasteiger partial charge >= 0.3 is 0 Å². The zero-order chi connectivity index (χ0) is 103. The Bertz CT molecular complexity index is 3430. The van der Waals surface area contributed by atoms with Crippen LogP contribution < -0.4 is 0 Å². The topological polar surface area (TPSA) is 268 Å². The number of rotatable bonds is 16. The lowest BCUT2D eigenvalue weighted by atomic mass is 10.1. The van der Waals surface area contributed by atoms with Crippen LogP contribution in [0.5, 0.6) is 0 Å². The molecular weight excluding hydrogens is 1760 g/mol. The molecule has 8 aliphatic heterocycles. The summed E-state index contributed by atoms with van der Waals surface area (Å²) in [4.78, 5) is 68.3.